The van der Waals surface area contributed by atoms with Crippen molar-refractivity contribution in [2.75, 3.05) is 39.8 Å². The van der Waals surface area contributed by atoms with Crippen molar-refractivity contribution in [2.24, 2.45) is 5.92 Å². The van der Waals surface area contributed by atoms with Crippen molar-refractivity contribution >= 4 is 0 Å². The second-order valence-electron chi connectivity index (χ2n) is 6.25. The molecule has 3 atom stereocenters. The van der Waals surface area contributed by atoms with Gasteiger partial charge in [-0.15, -0.1) is 0 Å². The molecule has 1 N–H and O–H groups in total. The van der Waals surface area contributed by atoms with Gasteiger partial charge in [-0.25, -0.2) is 0 Å². The number of piperazine rings is 1. The van der Waals surface area contributed by atoms with Crippen molar-refractivity contribution in [3.63, 3.8) is 0 Å². The van der Waals surface area contributed by atoms with Crippen LogP contribution < -0.4 is 5.32 Å². The van der Waals surface area contributed by atoms with Crippen molar-refractivity contribution in [2.45, 2.75) is 59.0 Å². The van der Waals surface area contributed by atoms with Crippen LogP contribution in [0, 0.1) is 5.92 Å². The average molecular weight is 269 g/mol. The Bertz CT molecular complexity index is 232. The Morgan fingerprint density at radius 3 is 2.53 bits per heavy atom. The van der Waals surface area contributed by atoms with E-state index in [4.69, 9.17) is 0 Å². The molecule has 1 saturated heterocycles. The first-order chi connectivity index (χ1) is 9.12. The minimum atomic E-state index is 0.658. The van der Waals surface area contributed by atoms with Gasteiger partial charge in [0.15, 0.2) is 0 Å². The van der Waals surface area contributed by atoms with Crippen molar-refractivity contribution in [1.29, 1.82) is 0 Å². The van der Waals surface area contributed by atoms with Gasteiger partial charge in [-0.3, -0.25) is 4.90 Å². The lowest BCUT2D eigenvalue weighted by Crippen LogP contribution is -2.55. The normalized spacial score (nSPS) is 25.4. The number of likely N-dealkylation sites (N-methyl/N-ethyl adjacent to an activating group) is 1. The Hall–Kier alpha value is -0.120. The standard InChI is InChI=1S/C16H35N3/c1-6-9-17-16(14(4)7-2)13-19-11-10-18(5)15(8-3)12-19/h14-17H,6-13H2,1-5H3. The van der Waals surface area contributed by atoms with Gasteiger partial charge in [0.05, 0.1) is 0 Å². The summed E-state index contributed by atoms with van der Waals surface area (Å²) in [7, 11) is 2.27. The molecule has 1 aliphatic heterocycles. The maximum atomic E-state index is 3.76. The van der Waals surface area contributed by atoms with Gasteiger partial charge < -0.3 is 10.2 Å². The number of nitrogens with zero attached hydrogens (tertiary/aromatic N) is 2. The van der Waals surface area contributed by atoms with E-state index in [0.29, 0.717) is 6.04 Å². The molecule has 0 spiro atoms. The molecule has 3 unspecified atom stereocenters. The SMILES string of the molecule is CCCNC(CN1CCN(C)C(CC)C1)C(C)CC. The summed E-state index contributed by atoms with van der Waals surface area (Å²) in [4.78, 5) is 5.20. The van der Waals surface area contributed by atoms with Crippen LogP contribution in [0.1, 0.15) is 47.0 Å². The first-order valence-electron chi connectivity index (χ1n) is 8.28. The summed E-state index contributed by atoms with van der Waals surface area (Å²) in [5, 5.41) is 3.76. The van der Waals surface area contributed by atoms with Crippen molar-refractivity contribution in [1.82, 2.24) is 15.1 Å². The molecule has 0 saturated carbocycles. The minimum absolute atomic E-state index is 0.658. The highest BCUT2D eigenvalue weighted by molar-refractivity contribution is 4.83. The molecule has 1 fully saturated rings. The van der Waals surface area contributed by atoms with E-state index < -0.39 is 0 Å². The van der Waals surface area contributed by atoms with Crippen LogP contribution in [0.25, 0.3) is 0 Å². The Labute approximate surface area is 120 Å². The lowest BCUT2D eigenvalue weighted by atomic mass is 9.97. The van der Waals surface area contributed by atoms with Gasteiger partial charge in [-0.2, -0.15) is 0 Å². The van der Waals surface area contributed by atoms with E-state index >= 15 is 0 Å². The molecule has 19 heavy (non-hydrogen) atoms. The lowest BCUT2D eigenvalue weighted by Gasteiger charge is -2.41. The number of rotatable bonds is 8. The molecule has 1 rings (SSSR count). The number of hydrogen-bond donors (Lipinski definition) is 1. The molecule has 3 heteroatoms. The Morgan fingerprint density at radius 2 is 1.95 bits per heavy atom. The van der Waals surface area contributed by atoms with Gasteiger partial charge in [0.25, 0.3) is 0 Å². The average Bonchev–Trinajstić information content (AvgIpc) is 2.44. The minimum Gasteiger partial charge on any atom is -0.312 e. The van der Waals surface area contributed by atoms with E-state index in [2.05, 4.69) is 49.9 Å². The molecule has 0 amide bonds. The van der Waals surface area contributed by atoms with Gasteiger partial charge >= 0.3 is 0 Å². The predicted molar refractivity (Wildman–Crippen MR) is 84.7 cm³/mol. The molecule has 0 aromatic rings. The van der Waals surface area contributed by atoms with Crippen molar-refractivity contribution in [3.05, 3.63) is 0 Å². The first-order valence-corrected chi connectivity index (χ1v) is 8.28. The van der Waals surface area contributed by atoms with E-state index in [0.717, 1.165) is 18.5 Å². The van der Waals surface area contributed by atoms with E-state index in [9.17, 15) is 0 Å². The molecular formula is C16H35N3. The molecule has 1 heterocycles. The fourth-order valence-electron chi connectivity index (χ4n) is 2.96. The van der Waals surface area contributed by atoms with Gasteiger partial charge in [0, 0.05) is 38.3 Å². The van der Waals surface area contributed by atoms with Crippen molar-refractivity contribution < 1.29 is 0 Å². The fourth-order valence-corrected chi connectivity index (χ4v) is 2.96. The fraction of sp³-hybridized carbons (Fsp3) is 1.00. The van der Waals surface area contributed by atoms with E-state index in [-0.39, 0.29) is 0 Å². The third-order valence-electron chi connectivity index (χ3n) is 4.77. The maximum Gasteiger partial charge on any atom is 0.0220 e. The summed E-state index contributed by atoms with van der Waals surface area (Å²) in [5.74, 6) is 0.770. The van der Waals surface area contributed by atoms with Crippen LogP contribution in [0.4, 0.5) is 0 Å². The second-order valence-corrected chi connectivity index (χ2v) is 6.25. The molecule has 0 aliphatic carbocycles. The summed E-state index contributed by atoms with van der Waals surface area (Å²) in [6, 6.07) is 1.41. The molecular weight excluding hydrogens is 234 g/mol. The van der Waals surface area contributed by atoms with Crippen LogP contribution in [0.15, 0.2) is 0 Å². The molecule has 1 aliphatic rings. The van der Waals surface area contributed by atoms with Crippen LogP contribution in [-0.2, 0) is 0 Å². The smallest absolute Gasteiger partial charge is 0.0220 e. The third kappa shape index (κ3) is 5.41. The van der Waals surface area contributed by atoms with E-state index in [1.165, 1.54) is 45.4 Å². The van der Waals surface area contributed by atoms with Crippen LogP contribution in [0.2, 0.25) is 0 Å². The van der Waals surface area contributed by atoms with Crippen LogP contribution in [-0.4, -0.2) is 61.7 Å². The quantitative estimate of drug-likeness (QED) is 0.730. The van der Waals surface area contributed by atoms with Crippen LogP contribution >= 0.6 is 0 Å². The number of hydrogen-bond acceptors (Lipinski definition) is 3. The zero-order valence-electron chi connectivity index (χ0n) is 13.8. The maximum absolute atomic E-state index is 3.76. The summed E-state index contributed by atoms with van der Waals surface area (Å²) in [6.45, 7) is 15.3. The van der Waals surface area contributed by atoms with Crippen molar-refractivity contribution in [3.8, 4) is 0 Å². The van der Waals surface area contributed by atoms with Gasteiger partial charge in [-0.1, -0.05) is 34.1 Å². The monoisotopic (exact) mass is 269 g/mol. The summed E-state index contributed by atoms with van der Waals surface area (Å²) < 4.78 is 0. The predicted octanol–water partition coefficient (Wildman–Crippen LogP) is 2.43. The van der Waals surface area contributed by atoms with E-state index in [1.807, 2.05) is 0 Å². The third-order valence-corrected chi connectivity index (χ3v) is 4.77. The molecule has 3 nitrogen and oxygen atoms in total. The summed E-state index contributed by atoms with van der Waals surface area (Å²) in [6.07, 6.45) is 3.77. The Balaban J connectivity index is 2.48. The molecule has 0 aromatic carbocycles. The second kappa shape index (κ2) is 8.93. The van der Waals surface area contributed by atoms with Crippen LogP contribution in [0.5, 0.6) is 0 Å². The molecule has 0 radical (unpaired) electrons. The lowest BCUT2D eigenvalue weighted by molar-refractivity contribution is 0.0800. The Kier molecular flexibility index (Phi) is 7.96. The highest BCUT2D eigenvalue weighted by Crippen LogP contribution is 2.14. The topological polar surface area (TPSA) is 18.5 Å². The summed E-state index contributed by atoms with van der Waals surface area (Å²) >= 11 is 0. The number of nitrogens with one attached hydrogen (secondary N) is 1. The molecule has 114 valence electrons. The highest BCUT2D eigenvalue weighted by Gasteiger charge is 2.26. The molecule has 0 aromatic heterocycles. The zero-order chi connectivity index (χ0) is 14.3. The van der Waals surface area contributed by atoms with Gasteiger partial charge in [-0.05, 0) is 32.4 Å². The van der Waals surface area contributed by atoms with Gasteiger partial charge in [0.2, 0.25) is 0 Å². The largest absolute Gasteiger partial charge is 0.312 e. The Morgan fingerprint density at radius 1 is 1.21 bits per heavy atom. The van der Waals surface area contributed by atoms with E-state index in [1.54, 1.807) is 0 Å². The highest BCUT2D eigenvalue weighted by atomic mass is 15.3. The van der Waals surface area contributed by atoms with Gasteiger partial charge in [0.1, 0.15) is 0 Å². The zero-order valence-corrected chi connectivity index (χ0v) is 13.8. The first kappa shape index (κ1) is 16.9. The molecule has 0 bridgehead atoms. The van der Waals surface area contributed by atoms with Crippen LogP contribution in [0.3, 0.4) is 0 Å². The summed E-state index contributed by atoms with van der Waals surface area (Å²) in [5.41, 5.74) is 0.